The molecule has 1 heterocycles. The molecule has 104 valence electrons. The van der Waals surface area contributed by atoms with Gasteiger partial charge in [-0.3, -0.25) is 14.4 Å². The van der Waals surface area contributed by atoms with E-state index < -0.39 is 17.5 Å². The highest BCUT2D eigenvalue weighted by molar-refractivity contribution is 5.67. The SMILES string of the molecule is O=C(O)CCCn1cccc(OCCC(=O)O)c1=O. The first-order valence-electron chi connectivity index (χ1n) is 5.76. The molecule has 0 aromatic carbocycles. The summed E-state index contributed by atoms with van der Waals surface area (Å²) in [6, 6.07) is 3.05. The van der Waals surface area contributed by atoms with Gasteiger partial charge < -0.3 is 19.5 Å². The Morgan fingerprint density at radius 3 is 2.53 bits per heavy atom. The smallest absolute Gasteiger partial charge is 0.306 e. The molecule has 2 N–H and O–H groups in total. The first-order chi connectivity index (χ1) is 9.00. The van der Waals surface area contributed by atoms with Crippen LogP contribution in [-0.2, 0) is 16.1 Å². The van der Waals surface area contributed by atoms with Crippen LogP contribution in [0.4, 0.5) is 0 Å². The fourth-order valence-electron chi connectivity index (χ4n) is 1.45. The summed E-state index contributed by atoms with van der Waals surface area (Å²) in [6.07, 6.45) is 1.67. The van der Waals surface area contributed by atoms with Gasteiger partial charge >= 0.3 is 11.9 Å². The van der Waals surface area contributed by atoms with Crippen LogP contribution in [0, 0.1) is 0 Å². The second-order valence-electron chi connectivity index (χ2n) is 3.86. The van der Waals surface area contributed by atoms with Gasteiger partial charge in [-0.05, 0) is 18.6 Å². The van der Waals surface area contributed by atoms with Crippen LogP contribution in [0.1, 0.15) is 19.3 Å². The summed E-state index contributed by atoms with van der Waals surface area (Å²) < 4.78 is 6.43. The molecule has 19 heavy (non-hydrogen) atoms. The maximum Gasteiger partial charge on any atom is 0.306 e. The molecule has 1 aromatic rings. The lowest BCUT2D eigenvalue weighted by Gasteiger charge is -2.08. The highest BCUT2D eigenvalue weighted by Gasteiger charge is 2.06. The molecule has 1 rings (SSSR count). The van der Waals surface area contributed by atoms with Crippen molar-refractivity contribution in [1.29, 1.82) is 0 Å². The molecule has 0 unspecified atom stereocenters. The van der Waals surface area contributed by atoms with Crippen molar-refractivity contribution in [3.63, 3.8) is 0 Å². The van der Waals surface area contributed by atoms with Crippen LogP contribution >= 0.6 is 0 Å². The number of hydrogen-bond acceptors (Lipinski definition) is 4. The average Bonchev–Trinajstić information content (AvgIpc) is 2.32. The molecule has 1 aromatic heterocycles. The zero-order valence-electron chi connectivity index (χ0n) is 10.2. The number of hydrogen-bond donors (Lipinski definition) is 2. The Bertz CT molecular complexity index is 466. The summed E-state index contributed by atoms with van der Waals surface area (Å²) in [5.74, 6) is -1.85. The Balaban J connectivity index is 2.61. The number of aryl methyl sites for hydroxylation is 1. The van der Waals surface area contributed by atoms with E-state index in [1.54, 1.807) is 6.07 Å². The average molecular weight is 269 g/mol. The van der Waals surface area contributed by atoms with Gasteiger partial charge in [0.15, 0.2) is 5.75 Å². The number of nitrogens with zero attached hydrogens (tertiary/aromatic N) is 1. The summed E-state index contributed by atoms with van der Waals surface area (Å²) in [7, 11) is 0. The van der Waals surface area contributed by atoms with Gasteiger partial charge in [0.1, 0.15) is 0 Å². The van der Waals surface area contributed by atoms with Gasteiger partial charge in [0, 0.05) is 19.2 Å². The van der Waals surface area contributed by atoms with E-state index in [0.29, 0.717) is 6.42 Å². The molecule has 0 radical (unpaired) electrons. The third-order valence-corrected chi connectivity index (χ3v) is 2.35. The minimum absolute atomic E-state index is 0.0173. The van der Waals surface area contributed by atoms with Crippen LogP contribution in [-0.4, -0.2) is 33.3 Å². The van der Waals surface area contributed by atoms with E-state index >= 15 is 0 Å². The van der Waals surface area contributed by atoms with Gasteiger partial charge in [0.2, 0.25) is 0 Å². The number of aliphatic carboxylic acids is 2. The lowest BCUT2D eigenvalue weighted by Crippen LogP contribution is -2.22. The number of pyridine rings is 1. The van der Waals surface area contributed by atoms with E-state index in [2.05, 4.69) is 0 Å². The minimum Gasteiger partial charge on any atom is -0.487 e. The Kier molecular flexibility index (Phi) is 5.59. The van der Waals surface area contributed by atoms with E-state index in [1.165, 1.54) is 16.8 Å². The highest BCUT2D eigenvalue weighted by Crippen LogP contribution is 2.03. The third-order valence-electron chi connectivity index (χ3n) is 2.35. The maximum absolute atomic E-state index is 11.9. The predicted octanol–water partition coefficient (Wildman–Crippen LogP) is 0.567. The van der Waals surface area contributed by atoms with Gasteiger partial charge in [0.05, 0.1) is 13.0 Å². The molecule has 0 aliphatic heterocycles. The van der Waals surface area contributed by atoms with Crippen molar-refractivity contribution in [2.24, 2.45) is 0 Å². The summed E-state index contributed by atoms with van der Waals surface area (Å²) in [4.78, 5) is 32.6. The summed E-state index contributed by atoms with van der Waals surface area (Å²) in [6.45, 7) is 0.199. The lowest BCUT2D eigenvalue weighted by atomic mass is 10.3. The largest absolute Gasteiger partial charge is 0.487 e. The lowest BCUT2D eigenvalue weighted by molar-refractivity contribution is -0.138. The molecule has 7 heteroatoms. The van der Waals surface area contributed by atoms with Gasteiger partial charge in [-0.1, -0.05) is 0 Å². The number of rotatable bonds is 8. The maximum atomic E-state index is 11.9. The quantitative estimate of drug-likeness (QED) is 0.714. The van der Waals surface area contributed by atoms with Crippen LogP contribution < -0.4 is 10.3 Å². The van der Waals surface area contributed by atoms with Gasteiger partial charge in [-0.25, -0.2) is 0 Å². The van der Waals surface area contributed by atoms with E-state index in [9.17, 15) is 14.4 Å². The molecule has 0 aliphatic carbocycles. The molecular weight excluding hydrogens is 254 g/mol. The number of carbonyl (C=O) groups is 2. The predicted molar refractivity (Wildman–Crippen MR) is 65.3 cm³/mol. The standard InChI is InChI=1S/C12H15NO6/c14-10(15)4-2-7-13-6-1-3-9(12(13)18)19-8-5-11(16)17/h1,3,6H,2,4-5,7-8H2,(H,14,15)(H,16,17). The molecule has 0 amide bonds. The molecule has 0 saturated heterocycles. The van der Waals surface area contributed by atoms with Crippen molar-refractivity contribution in [3.05, 3.63) is 28.7 Å². The zero-order valence-corrected chi connectivity index (χ0v) is 10.2. The van der Waals surface area contributed by atoms with Gasteiger partial charge in [0.25, 0.3) is 5.56 Å². The van der Waals surface area contributed by atoms with Crippen molar-refractivity contribution in [2.75, 3.05) is 6.61 Å². The Hall–Kier alpha value is -2.31. The van der Waals surface area contributed by atoms with E-state index in [-0.39, 0.29) is 31.7 Å². The van der Waals surface area contributed by atoms with Crippen molar-refractivity contribution in [2.45, 2.75) is 25.8 Å². The van der Waals surface area contributed by atoms with Crippen LogP contribution in [0.25, 0.3) is 0 Å². The van der Waals surface area contributed by atoms with Gasteiger partial charge in [-0.15, -0.1) is 0 Å². The van der Waals surface area contributed by atoms with Crippen molar-refractivity contribution in [1.82, 2.24) is 4.57 Å². The topological polar surface area (TPSA) is 106 Å². The molecule has 0 atom stereocenters. The monoisotopic (exact) mass is 269 g/mol. The number of carboxylic acid groups (broad SMARTS) is 2. The first kappa shape index (κ1) is 14.7. The molecule has 0 fully saturated rings. The number of carboxylic acids is 2. The van der Waals surface area contributed by atoms with Crippen molar-refractivity contribution in [3.8, 4) is 5.75 Å². The van der Waals surface area contributed by atoms with Crippen LogP contribution in [0.5, 0.6) is 5.75 Å². The van der Waals surface area contributed by atoms with Crippen LogP contribution in [0.2, 0.25) is 0 Å². The van der Waals surface area contributed by atoms with Crippen LogP contribution in [0.3, 0.4) is 0 Å². The summed E-state index contributed by atoms with van der Waals surface area (Å²) in [5.41, 5.74) is -0.390. The third kappa shape index (κ3) is 5.24. The normalized spacial score (nSPS) is 10.1. The van der Waals surface area contributed by atoms with Crippen LogP contribution in [0.15, 0.2) is 23.1 Å². The molecule has 0 aliphatic rings. The van der Waals surface area contributed by atoms with Crippen molar-refractivity contribution < 1.29 is 24.5 Å². The Morgan fingerprint density at radius 2 is 1.89 bits per heavy atom. The van der Waals surface area contributed by atoms with E-state index in [1.807, 2.05) is 0 Å². The number of ether oxygens (including phenoxy) is 1. The number of aromatic nitrogens is 1. The van der Waals surface area contributed by atoms with Gasteiger partial charge in [-0.2, -0.15) is 0 Å². The summed E-state index contributed by atoms with van der Waals surface area (Å²) in [5, 5.41) is 17.0. The molecule has 0 spiro atoms. The van der Waals surface area contributed by atoms with Crippen molar-refractivity contribution >= 4 is 11.9 Å². The molecule has 7 nitrogen and oxygen atoms in total. The summed E-state index contributed by atoms with van der Waals surface area (Å²) >= 11 is 0. The minimum atomic E-state index is -1.00. The first-order valence-corrected chi connectivity index (χ1v) is 5.76. The van der Waals surface area contributed by atoms with E-state index in [4.69, 9.17) is 14.9 Å². The Labute approximate surface area is 109 Å². The molecule has 0 bridgehead atoms. The fraction of sp³-hybridized carbons (Fsp3) is 0.417. The second kappa shape index (κ2) is 7.20. The molecule has 0 saturated carbocycles. The van der Waals surface area contributed by atoms with E-state index in [0.717, 1.165) is 0 Å². The second-order valence-corrected chi connectivity index (χ2v) is 3.86. The zero-order chi connectivity index (χ0) is 14.3. The highest BCUT2D eigenvalue weighted by atomic mass is 16.5. The Morgan fingerprint density at radius 1 is 1.21 bits per heavy atom. The fourth-order valence-corrected chi connectivity index (χ4v) is 1.45. The molecular formula is C12H15NO6.